The van der Waals surface area contributed by atoms with Crippen LogP contribution in [0.25, 0.3) is 0 Å². The maximum atomic E-state index is 13.6. The van der Waals surface area contributed by atoms with Gasteiger partial charge in [0.1, 0.15) is 11.6 Å². The molecule has 1 aliphatic carbocycles. The van der Waals surface area contributed by atoms with Gasteiger partial charge in [-0.1, -0.05) is 0 Å². The van der Waals surface area contributed by atoms with Crippen molar-refractivity contribution >= 4 is 17.7 Å². The number of aliphatic carboxylic acids is 1. The molecule has 0 radical (unpaired) electrons. The highest BCUT2D eigenvalue weighted by molar-refractivity contribution is 5.89. The zero-order valence-electron chi connectivity index (χ0n) is 12.3. The largest absolute Gasteiger partial charge is 0.497 e. The first-order chi connectivity index (χ1) is 10.5. The van der Waals surface area contributed by atoms with Gasteiger partial charge in [0.05, 0.1) is 18.7 Å². The Hall–Kier alpha value is -2.31. The van der Waals surface area contributed by atoms with E-state index in [2.05, 4.69) is 10.6 Å². The van der Waals surface area contributed by atoms with E-state index < -0.39 is 17.8 Å². The molecule has 0 saturated heterocycles. The SMILES string of the molecule is COc1ccc(F)c(NC(=O)NC2CCC(C(=O)O)CC2)c1. The molecule has 0 aliphatic heterocycles. The lowest BCUT2D eigenvalue weighted by molar-refractivity contribution is -0.142. The predicted octanol–water partition coefficient (Wildman–Crippen LogP) is 2.60. The van der Waals surface area contributed by atoms with Crippen molar-refractivity contribution in [2.45, 2.75) is 31.7 Å². The molecule has 0 unspecified atom stereocenters. The average Bonchev–Trinajstić information content (AvgIpc) is 2.50. The summed E-state index contributed by atoms with van der Waals surface area (Å²) in [4.78, 5) is 22.8. The van der Waals surface area contributed by atoms with E-state index in [-0.39, 0.29) is 17.6 Å². The van der Waals surface area contributed by atoms with Crippen molar-refractivity contribution in [3.05, 3.63) is 24.0 Å². The second-order valence-electron chi connectivity index (χ2n) is 5.33. The predicted molar refractivity (Wildman–Crippen MR) is 78.5 cm³/mol. The fraction of sp³-hybridized carbons (Fsp3) is 0.467. The first kappa shape index (κ1) is 16.1. The van der Waals surface area contributed by atoms with Crippen LogP contribution < -0.4 is 15.4 Å². The van der Waals surface area contributed by atoms with E-state index in [9.17, 15) is 14.0 Å². The van der Waals surface area contributed by atoms with Crippen LogP contribution in [-0.2, 0) is 4.79 Å². The summed E-state index contributed by atoms with van der Waals surface area (Å²) in [5.74, 6) is -1.23. The molecule has 1 saturated carbocycles. The molecule has 22 heavy (non-hydrogen) atoms. The fourth-order valence-electron chi connectivity index (χ4n) is 2.56. The molecule has 1 aromatic rings. The Kier molecular flexibility index (Phi) is 5.19. The van der Waals surface area contributed by atoms with Crippen LogP contribution in [0.5, 0.6) is 5.75 Å². The maximum absolute atomic E-state index is 13.6. The second-order valence-corrected chi connectivity index (χ2v) is 5.33. The number of methoxy groups -OCH3 is 1. The van der Waals surface area contributed by atoms with Gasteiger partial charge in [-0.05, 0) is 37.8 Å². The van der Waals surface area contributed by atoms with Gasteiger partial charge in [0.25, 0.3) is 0 Å². The highest BCUT2D eigenvalue weighted by atomic mass is 19.1. The summed E-state index contributed by atoms with van der Waals surface area (Å²) in [6.45, 7) is 0. The minimum atomic E-state index is -0.790. The van der Waals surface area contributed by atoms with Gasteiger partial charge in [-0.3, -0.25) is 4.79 Å². The third-order valence-corrected chi connectivity index (χ3v) is 3.83. The average molecular weight is 310 g/mol. The molecular formula is C15H19FN2O4. The Morgan fingerprint density at radius 1 is 1.27 bits per heavy atom. The van der Waals surface area contributed by atoms with Gasteiger partial charge in [0.15, 0.2) is 0 Å². The van der Waals surface area contributed by atoms with Crippen LogP contribution in [0.15, 0.2) is 18.2 Å². The van der Waals surface area contributed by atoms with Gasteiger partial charge in [-0.2, -0.15) is 0 Å². The van der Waals surface area contributed by atoms with Gasteiger partial charge >= 0.3 is 12.0 Å². The zero-order valence-corrected chi connectivity index (χ0v) is 12.3. The van der Waals surface area contributed by atoms with Crippen molar-refractivity contribution in [1.82, 2.24) is 5.32 Å². The molecule has 1 fully saturated rings. The van der Waals surface area contributed by atoms with E-state index >= 15 is 0 Å². The summed E-state index contributed by atoms with van der Waals surface area (Å²) < 4.78 is 18.6. The van der Waals surface area contributed by atoms with Gasteiger partial charge in [-0.15, -0.1) is 0 Å². The van der Waals surface area contributed by atoms with Crippen LogP contribution in [0.1, 0.15) is 25.7 Å². The molecule has 0 atom stereocenters. The molecule has 7 heteroatoms. The number of rotatable bonds is 4. The van der Waals surface area contributed by atoms with Gasteiger partial charge < -0.3 is 20.5 Å². The van der Waals surface area contributed by atoms with Crippen molar-refractivity contribution in [2.24, 2.45) is 5.92 Å². The number of hydrogen-bond acceptors (Lipinski definition) is 3. The van der Waals surface area contributed by atoms with Gasteiger partial charge in [0, 0.05) is 12.1 Å². The smallest absolute Gasteiger partial charge is 0.319 e. The Balaban J connectivity index is 1.87. The van der Waals surface area contributed by atoms with Crippen LogP contribution in [0.2, 0.25) is 0 Å². The number of benzene rings is 1. The lowest BCUT2D eigenvalue weighted by Crippen LogP contribution is -2.41. The highest BCUT2D eigenvalue weighted by Crippen LogP contribution is 2.25. The number of ether oxygens (including phenoxy) is 1. The number of urea groups is 1. The monoisotopic (exact) mass is 310 g/mol. The van der Waals surface area contributed by atoms with Crippen LogP contribution in [0, 0.1) is 11.7 Å². The maximum Gasteiger partial charge on any atom is 0.319 e. The summed E-state index contributed by atoms with van der Waals surface area (Å²) in [5, 5.41) is 14.1. The summed E-state index contributed by atoms with van der Waals surface area (Å²) in [5.41, 5.74) is 0.0380. The molecule has 2 amide bonds. The molecule has 6 nitrogen and oxygen atoms in total. The molecule has 1 aromatic carbocycles. The number of amides is 2. The molecule has 120 valence electrons. The van der Waals surface area contributed by atoms with E-state index in [1.807, 2.05) is 0 Å². The normalized spacial score (nSPS) is 21.0. The molecule has 1 aliphatic rings. The number of carbonyl (C=O) groups excluding carboxylic acids is 1. The first-order valence-electron chi connectivity index (χ1n) is 7.13. The van der Waals surface area contributed by atoms with E-state index in [1.54, 1.807) is 0 Å². The minimum absolute atomic E-state index is 0.0380. The third kappa shape index (κ3) is 4.09. The number of carboxylic acid groups (broad SMARTS) is 1. The van der Waals surface area contributed by atoms with Crippen LogP contribution in [-0.4, -0.2) is 30.3 Å². The molecule has 0 aromatic heterocycles. The second kappa shape index (κ2) is 7.11. The van der Waals surface area contributed by atoms with Crippen molar-refractivity contribution in [2.75, 3.05) is 12.4 Å². The lowest BCUT2D eigenvalue weighted by atomic mass is 9.86. The van der Waals surface area contributed by atoms with Crippen molar-refractivity contribution < 1.29 is 23.8 Å². The number of nitrogens with one attached hydrogen (secondary N) is 2. The van der Waals surface area contributed by atoms with Crippen molar-refractivity contribution in [1.29, 1.82) is 0 Å². The van der Waals surface area contributed by atoms with Crippen molar-refractivity contribution in [3.8, 4) is 5.75 Å². The van der Waals surface area contributed by atoms with Crippen LogP contribution >= 0.6 is 0 Å². The summed E-state index contributed by atoms with van der Waals surface area (Å²) in [6.07, 6.45) is 2.28. The number of halogens is 1. The molecule has 2 rings (SSSR count). The number of carboxylic acids is 1. The van der Waals surface area contributed by atoms with E-state index in [0.29, 0.717) is 31.4 Å². The Morgan fingerprint density at radius 3 is 2.55 bits per heavy atom. The standard InChI is InChI=1S/C15H19FN2O4/c1-22-11-6-7-12(16)13(8-11)18-15(21)17-10-4-2-9(3-5-10)14(19)20/h6-10H,2-5H2,1H3,(H,19,20)(H2,17,18,21). The molecule has 0 bridgehead atoms. The van der Waals surface area contributed by atoms with E-state index in [1.165, 1.54) is 25.3 Å². The summed E-state index contributed by atoms with van der Waals surface area (Å²) in [6, 6.07) is 3.48. The number of anilines is 1. The Bertz CT molecular complexity index is 556. The molecule has 3 N–H and O–H groups in total. The summed E-state index contributed by atoms with van der Waals surface area (Å²) in [7, 11) is 1.46. The highest BCUT2D eigenvalue weighted by Gasteiger charge is 2.26. The zero-order chi connectivity index (χ0) is 16.1. The Morgan fingerprint density at radius 2 is 1.95 bits per heavy atom. The quantitative estimate of drug-likeness (QED) is 0.797. The first-order valence-corrected chi connectivity index (χ1v) is 7.13. The lowest BCUT2D eigenvalue weighted by Gasteiger charge is -2.26. The number of carbonyl (C=O) groups is 2. The van der Waals surface area contributed by atoms with E-state index in [4.69, 9.17) is 9.84 Å². The fourth-order valence-corrected chi connectivity index (χ4v) is 2.56. The third-order valence-electron chi connectivity index (χ3n) is 3.83. The minimum Gasteiger partial charge on any atom is -0.497 e. The topological polar surface area (TPSA) is 87.7 Å². The van der Waals surface area contributed by atoms with E-state index in [0.717, 1.165) is 0 Å². The number of hydrogen-bond donors (Lipinski definition) is 3. The molecule has 0 heterocycles. The Labute approximate surface area is 127 Å². The van der Waals surface area contributed by atoms with Crippen LogP contribution in [0.4, 0.5) is 14.9 Å². The van der Waals surface area contributed by atoms with Crippen molar-refractivity contribution in [3.63, 3.8) is 0 Å². The molecular weight excluding hydrogens is 291 g/mol. The van der Waals surface area contributed by atoms with Gasteiger partial charge in [0.2, 0.25) is 0 Å². The van der Waals surface area contributed by atoms with Crippen LogP contribution in [0.3, 0.4) is 0 Å². The van der Waals surface area contributed by atoms with Gasteiger partial charge in [-0.25, -0.2) is 9.18 Å². The molecule has 0 spiro atoms. The summed E-state index contributed by atoms with van der Waals surface area (Å²) >= 11 is 0.